The van der Waals surface area contributed by atoms with Gasteiger partial charge in [0.2, 0.25) is 0 Å². The lowest BCUT2D eigenvalue weighted by atomic mass is 10.2. The Balaban J connectivity index is 2.22. The number of benzene rings is 1. The van der Waals surface area contributed by atoms with Crippen LogP contribution in [-0.4, -0.2) is 25.6 Å². The van der Waals surface area contributed by atoms with Crippen LogP contribution in [0.15, 0.2) is 29.9 Å². The molecular weight excluding hydrogens is 262 g/mol. The molecule has 0 aliphatic carbocycles. The first kappa shape index (κ1) is 11.9. The molecule has 0 radical (unpaired) electrons. The van der Waals surface area contributed by atoms with E-state index in [0.29, 0.717) is 17.6 Å². The third-order valence-corrected chi connectivity index (χ3v) is 3.75. The maximum Gasteiger partial charge on any atom is 0.337 e. The lowest BCUT2D eigenvalue weighted by molar-refractivity contribution is 0.0698. The van der Waals surface area contributed by atoms with Gasteiger partial charge in [0, 0.05) is 11.1 Å². The molecule has 0 saturated carbocycles. The van der Waals surface area contributed by atoms with Crippen molar-refractivity contribution in [2.24, 2.45) is 0 Å². The van der Waals surface area contributed by atoms with Crippen LogP contribution in [0.5, 0.6) is 0 Å². The van der Waals surface area contributed by atoms with Crippen LogP contribution in [0.25, 0.3) is 11.0 Å². The average molecular weight is 273 g/mol. The van der Waals surface area contributed by atoms with E-state index in [1.54, 1.807) is 35.2 Å². The van der Waals surface area contributed by atoms with Gasteiger partial charge in [0.15, 0.2) is 0 Å². The number of imidazole rings is 1. The van der Waals surface area contributed by atoms with Crippen LogP contribution in [0.1, 0.15) is 21.1 Å². The Labute approximate surface area is 113 Å². The number of aromatic carboxylic acids is 1. The first-order valence-electron chi connectivity index (χ1n) is 5.73. The molecule has 3 aromatic rings. The zero-order valence-electron chi connectivity index (χ0n) is 10.2. The summed E-state index contributed by atoms with van der Waals surface area (Å²) in [5.74, 6) is -0.131. The van der Waals surface area contributed by atoms with Crippen molar-refractivity contribution in [2.45, 2.75) is 13.5 Å². The number of thiazole rings is 1. The smallest absolute Gasteiger partial charge is 0.337 e. The highest BCUT2D eigenvalue weighted by atomic mass is 32.1. The molecule has 2 aromatic heterocycles. The highest BCUT2D eigenvalue weighted by Crippen LogP contribution is 2.22. The fourth-order valence-corrected chi connectivity index (χ4v) is 2.73. The number of nitrogens with zero attached hydrogens (tertiary/aromatic N) is 3. The van der Waals surface area contributed by atoms with E-state index in [-0.39, 0.29) is 5.56 Å². The van der Waals surface area contributed by atoms with Gasteiger partial charge in [0.1, 0.15) is 5.82 Å². The summed E-state index contributed by atoms with van der Waals surface area (Å²) in [6.07, 6.45) is 1.79. The van der Waals surface area contributed by atoms with Gasteiger partial charge in [0.25, 0.3) is 0 Å². The molecule has 3 rings (SSSR count). The summed E-state index contributed by atoms with van der Waals surface area (Å²) in [4.78, 5) is 20.9. The van der Waals surface area contributed by atoms with E-state index in [9.17, 15) is 9.90 Å². The van der Waals surface area contributed by atoms with Crippen LogP contribution in [0, 0.1) is 6.92 Å². The summed E-state index contributed by atoms with van der Waals surface area (Å²) in [7, 11) is 0. The molecule has 1 N–H and O–H groups in total. The Bertz CT molecular complexity index is 747. The summed E-state index contributed by atoms with van der Waals surface area (Å²) in [6, 6.07) is 5.15. The lowest BCUT2D eigenvalue weighted by Crippen LogP contribution is -2.05. The van der Waals surface area contributed by atoms with Crippen molar-refractivity contribution in [1.29, 1.82) is 0 Å². The minimum absolute atomic E-state index is 0.280. The first-order valence-corrected chi connectivity index (χ1v) is 6.61. The summed E-state index contributed by atoms with van der Waals surface area (Å²) in [5, 5.41) is 9.29. The summed E-state index contributed by atoms with van der Waals surface area (Å²) >= 11 is 1.55. The van der Waals surface area contributed by atoms with Gasteiger partial charge in [-0.3, -0.25) is 4.98 Å². The number of fused-ring (bicyclic) bond motifs is 1. The second-order valence-corrected chi connectivity index (χ2v) is 5.16. The van der Waals surface area contributed by atoms with Crippen LogP contribution < -0.4 is 0 Å². The maximum absolute atomic E-state index is 11.3. The molecule has 2 heterocycles. The highest BCUT2D eigenvalue weighted by molar-refractivity contribution is 7.09. The third kappa shape index (κ3) is 2.00. The molecule has 0 amide bonds. The standard InChI is InChI=1S/C13H11N3O2S/c1-8-15-11-4-2-3-10(13(17)18)12(11)16(8)6-9-5-14-7-19-9/h2-5,7H,6H2,1H3,(H,17,18). The van der Waals surface area contributed by atoms with Gasteiger partial charge in [-0.1, -0.05) is 6.07 Å². The van der Waals surface area contributed by atoms with Gasteiger partial charge in [-0.25, -0.2) is 9.78 Å². The van der Waals surface area contributed by atoms with Crippen molar-refractivity contribution in [3.05, 3.63) is 46.2 Å². The lowest BCUT2D eigenvalue weighted by Gasteiger charge is -2.06. The van der Waals surface area contributed by atoms with E-state index in [2.05, 4.69) is 9.97 Å². The molecule has 0 unspecified atom stereocenters. The fourth-order valence-electron chi connectivity index (χ4n) is 2.14. The predicted octanol–water partition coefficient (Wildman–Crippen LogP) is 2.55. The van der Waals surface area contributed by atoms with Crippen LogP contribution in [-0.2, 0) is 6.54 Å². The number of aromatic nitrogens is 3. The maximum atomic E-state index is 11.3. The van der Waals surface area contributed by atoms with Crippen molar-refractivity contribution < 1.29 is 9.90 Å². The van der Waals surface area contributed by atoms with Crippen molar-refractivity contribution >= 4 is 28.3 Å². The molecule has 6 heteroatoms. The van der Waals surface area contributed by atoms with Crippen LogP contribution in [0.3, 0.4) is 0 Å². The zero-order chi connectivity index (χ0) is 13.4. The molecule has 0 bridgehead atoms. The Morgan fingerprint density at radius 2 is 2.32 bits per heavy atom. The van der Waals surface area contributed by atoms with E-state index in [4.69, 9.17) is 0 Å². The highest BCUT2D eigenvalue weighted by Gasteiger charge is 2.16. The first-order chi connectivity index (χ1) is 9.16. The SMILES string of the molecule is Cc1nc2cccc(C(=O)O)c2n1Cc1cncs1. The number of carbonyl (C=O) groups is 1. The second-order valence-electron chi connectivity index (χ2n) is 4.19. The Hall–Kier alpha value is -2.21. The molecule has 5 nitrogen and oxygen atoms in total. The Morgan fingerprint density at radius 1 is 1.47 bits per heavy atom. The molecule has 0 spiro atoms. The fraction of sp³-hybridized carbons (Fsp3) is 0.154. The van der Waals surface area contributed by atoms with Gasteiger partial charge >= 0.3 is 5.97 Å². The minimum Gasteiger partial charge on any atom is -0.478 e. The van der Waals surface area contributed by atoms with Crippen molar-refractivity contribution in [2.75, 3.05) is 0 Å². The van der Waals surface area contributed by atoms with E-state index in [1.807, 2.05) is 17.6 Å². The second kappa shape index (κ2) is 4.47. The van der Waals surface area contributed by atoms with Crippen molar-refractivity contribution in [3.8, 4) is 0 Å². The number of hydrogen-bond acceptors (Lipinski definition) is 4. The topological polar surface area (TPSA) is 68.0 Å². The summed E-state index contributed by atoms with van der Waals surface area (Å²) in [5.41, 5.74) is 3.42. The number of aryl methyl sites for hydroxylation is 1. The minimum atomic E-state index is -0.934. The van der Waals surface area contributed by atoms with Gasteiger partial charge < -0.3 is 9.67 Å². The van der Waals surface area contributed by atoms with Crippen molar-refractivity contribution in [1.82, 2.24) is 14.5 Å². The molecule has 0 fully saturated rings. The van der Waals surface area contributed by atoms with Crippen LogP contribution in [0.4, 0.5) is 0 Å². The molecule has 0 aliphatic heterocycles. The summed E-state index contributed by atoms with van der Waals surface area (Å²) < 4.78 is 1.92. The number of rotatable bonds is 3. The molecule has 19 heavy (non-hydrogen) atoms. The van der Waals surface area contributed by atoms with Gasteiger partial charge in [-0.05, 0) is 19.1 Å². The molecular formula is C13H11N3O2S. The average Bonchev–Trinajstić information content (AvgIpc) is 2.98. The largest absolute Gasteiger partial charge is 0.478 e. The van der Waals surface area contributed by atoms with E-state index in [1.165, 1.54) is 0 Å². The van der Waals surface area contributed by atoms with Crippen LogP contribution >= 0.6 is 11.3 Å². The molecule has 96 valence electrons. The predicted molar refractivity (Wildman–Crippen MR) is 72.6 cm³/mol. The quantitative estimate of drug-likeness (QED) is 0.796. The number of hydrogen-bond donors (Lipinski definition) is 1. The van der Waals surface area contributed by atoms with Gasteiger partial charge in [0.05, 0.1) is 28.7 Å². The molecule has 0 aliphatic rings. The monoisotopic (exact) mass is 273 g/mol. The molecule has 0 saturated heterocycles. The van der Waals surface area contributed by atoms with Crippen LogP contribution in [0.2, 0.25) is 0 Å². The molecule has 1 aromatic carbocycles. The zero-order valence-corrected chi connectivity index (χ0v) is 11.0. The van der Waals surface area contributed by atoms with Crippen molar-refractivity contribution in [3.63, 3.8) is 0 Å². The van der Waals surface area contributed by atoms with E-state index in [0.717, 1.165) is 10.7 Å². The molecule has 0 atom stereocenters. The Morgan fingerprint density at radius 3 is 3.00 bits per heavy atom. The van der Waals surface area contributed by atoms with E-state index >= 15 is 0 Å². The van der Waals surface area contributed by atoms with Gasteiger partial charge in [-0.2, -0.15) is 0 Å². The Kier molecular flexibility index (Phi) is 2.79. The summed E-state index contributed by atoms with van der Waals surface area (Å²) in [6.45, 7) is 2.48. The van der Waals surface area contributed by atoms with Gasteiger partial charge in [-0.15, -0.1) is 11.3 Å². The number of carboxylic acid groups (broad SMARTS) is 1. The number of carboxylic acids is 1. The normalized spacial score (nSPS) is 11.0. The third-order valence-electron chi connectivity index (χ3n) is 2.99. The van der Waals surface area contributed by atoms with E-state index < -0.39 is 5.97 Å². The number of para-hydroxylation sites is 1.